The Morgan fingerprint density at radius 2 is 2.06 bits per heavy atom. The molecule has 1 saturated carbocycles. The first kappa shape index (κ1) is 13.4. The zero-order valence-electron chi connectivity index (χ0n) is 11.6. The van der Waals surface area contributed by atoms with Crippen molar-refractivity contribution in [3.8, 4) is 5.75 Å². The summed E-state index contributed by atoms with van der Waals surface area (Å²) in [6.07, 6.45) is 6.48. The molecule has 0 heterocycles. The summed E-state index contributed by atoms with van der Waals surface area (Å²) in [6.45, 7) is 5.15. The molecule has 0 radical (unpaired) electrons. The van der Waals surface area contributed by atoms with Crippen LogP contribution in [0.3, 0.4) is 0 Å². The lowest BCUT2D eigenvalue weighted by Crippen LogP contribution is -2.14. The molecule has 2 N–H and O–H groups in total. The predicted molar refractivity (Wildman–Crippen MR) is 76.1 cm³/mol. The SMILES string of the molecule is Cc1cccc(OC2CCCC2)c1C(C)CCN. The van der Waals surface area contributed by atoms with E-state index in [0.717, 1.165) is 18.7 Å². The molecule has 0 amide bonds. The average molecular weight is 247 g/mol. The quantitative estimate of drug-likeness (QED) is 0.859. The Morgan fingerprint density at radius 3 is 2.72 bits per heavy atom. The lowest BCUT2D eigenvalue weighted by molar-refractivity contribution is 0.207. The van der Waals surface area contributed by atoms with Crippen molar-refractivity contribution in [3.05, 3.63) is 29.3 Å². The van der Waals surface area contributed by atoms with E-state index in [4.69, 9.17) is 10.5 Å². The molecule has 0 spiro atoms. The highest BCUT2D eigenvalue weighted by Crippen LogP contribution is 2.34. The Bertz CT molecular complexity index is 383. The largest absolute Gasteiger partial charge is 0.490 e. The molecule has 1 aromatic carbocycles. The van der Waals surface area contributed by atoms with Gasteiger partial charge in [-0.05, 0) is 68.7 Å². The summed E-state index contributed by atoms with van der Waals surface area (Å²) in [6, 6.07) is 6.38. The number of hydrogen-bond donors (Lipinski definition) is 1. The van der Waals surface area contributed by atoms with Crippen molar-refractivity contribution in [1.29, 1.82) is 0 Å². The standard InChI is InChI=1S/C16H25NO/c1-12-6-5-9-15(16(12)13(2)10-11-17)18-14-7-3-4-8-14/h5-6,9,13-14H,3-4,7-8,10-11,17H2,1-2H3. The molecule has 1 aromatic rings. The first-order valence-corrected chi connectivity index (χ1v) is 7.18. The maximum atomic E-state index is 6.21. The first-order chi connectivity index (χ1) is 8.72. The van der Waals surface area contributed by atoms with E-state index in [1.54, 1.807) is 0 Å². The van der Waals surface area contributed by atoms with Crippen molar-refractivity contribution in [2.24, 2.45) is 5.73 Å². The van der Waals surface area contributed by atoms with Crippen molar-refractivity contribution in [2.45, 2.75) is 58.0 Å². The molecule has 2 nitrogen and oxygen atoms in total. The Labute approximate surface area is 111 Å². The van der Waals surface area contributed by atoms with Gasteiger partial charge >= 0.3 is 0 Å². The number of rotatable bonds is 5. The molecule has 100 valence electrons. The Morgan fingerprint density at radius 1 is 1.33 bits per heavy atom. The molecule has 0 bridgehead atoms. The van der Waals surface area contributed by atoms with Crippen LogP contribution in [-0.4, -0.2) is 12.6 Å². The van der Waals surface area contributed by atoms with Crippen LogP contribution in [-0.2, 0) is 0 Å². The molecule has 1 atom stereocenters. The highest BCUT2D eigenvalue weighted by Gasteiger charge is 2.20. The third kappa shape index (κ3) is 3.05. The maximum absolute atomic E-state index is 6.21. The van der Waals surface area contributed by atoms with Crippen molar-refractivity contribution >= 4 is 0 Å². The van der Waals surface area contributed by atoms with E-state index in [9.17, 15) is 0 Å². The summed E-state index contributed by atoms with van der Waals surface area (Å²) in [5, 5.41) is 0. The second kappa shape index (κ2) is 6.24. The summed E-state index contributed by atoms with van der Waals surface area (Å²) in [5.41, 5.74) is 8.37. The van der Waals surface area contributed by atoms with E-state index in [0.29, 0.717) is 12.0 Å². The van der Waals surface area contributed by atoms with E-state index in [1.165, 1.54) is 36.8 Å². The van der Waals surface area contributed by atoms with E-state index < -0.39 is 0 Å². The summed E-state index contributed by atoms with van der Waals surface area (Å²) in [5.74, 6) is 1.57. The van der Waals surface area contributed by atoms with Gasteiger partial charge in [-0.1, -0.05) is 19.1 Å². The van der Waals surface area contributed by atoms with Crippen molar-refractivity contribution in [1.82, 2.24) is 0 Å². The van der Waals surface area contributed by atoms with Crippen LogP contribution in [0.4, 0.5) is 0 Å². The number of benzene rings is 1. The number of hydrogen-bond acceptors (Lipinski definition) is 2. The summed E-state index contributed by atoms with van der Waals surface area (Å²) >= 11 is 0. The van der Waals surface area contributed by atoms with Gasteiger partial charge in [0.25, 0.3) is 0 Å². The smallest absolute Gasteiger partial charge is 0.123 e. The summed E-state index contributed by atoms with van der Waals surface area (Å²) in [4.78, 5) is 0. The van der Waals surface area contributed by atoms with Crippen LogP contribution < -0.4 is 10.5 Å². The summed E-state index contributed by atoms with van der Waals surface area (Å²) in [7, 11) is 0. The van der Waals surface area contributed by atoms with E-state index in [2.05, 4.69) is 32.0 Å². The fraction of sp³-hybridized carbons (Fsp3) is 0.625. The van der Waals surface area contributed by atoms with Gasteiger partial charge < -0.3 is 10.5 Å². The fourth-order valence-electron chi connectivity index (χ4n) is 2.97. The topological polar surface area (TPSA) is 35.2 Å². The van der Waals surface area contributed by atoms with Crippen LogP contribution in [0.1, 0.15) is 56.1 Å². The van der Waals surface area contributed by atoms with E-state index >= 15 is 0 Å². The molecule has 2 rings (SSSR count). The monoisotopic (exact) mass is 247 g/mol. The normalized spacial score (nSPS) is 17.9. The van der Waals surface area contributed by atoms with Crippen LogP contribution in [0, 0.1) is 6.92 Å². The Hall–Kier alpha value is -1.02. The number of ether oxygens (including phenoxy) is 1. The molecule has 1 aliphatic rings. The molecule has 0 aromatic heterocycles. The molecule has 0 saturated heterocycles. The minimum atomic E-state index is 0.427. The molecule has 1 unspecified atom stereocenters. The van der Waals surface area contributed by atoms with Gasteiger partial charge in [-0.15, -0.1) is 0 Å². The lowest BCUT2D eigenvalue weighted by Gasteiger charge is -2.21. The van der Waals surface area contributed by atoms with Crippen LogP contribution in [0.2, 0.25) is 0 Å². The van der Waals surface area contributed by atoms with Crippen LogP contribution >= 0.6 is 0 Å². The molecule has 1 aliphatic carbocycles. The second-order valence-corrected chi connectivity index (χ2v) is 5.49. The van der Waals surface area contributed by atoms with Gasteiger partial charge in [0.15, 0.2) is 0 Å². The van der Waals surface area contributed by atoms with E-state index in [-0.39, 0.29) is 0 Å². The maximum Gasteiger partial charge on any atom is 0.123 e. The zero-order valence-corrected chi connectivity index (χ0v) is 11.6. The van der Waals surface area contributed by atoms with Gasteiger partial charge in [0, 0.05) is 0 Å². The summed E-state index contributed by atoms with van der Waals surface area (Å²) < 4.78 is 6.21. The van der Waals surface area contributed by atoms with Gasteiger partial charge in [-0.2, -0.15) is 0 Å². The molecule has 2 heteroatoms. The third-order valence-electron chi connectivity index (χ3n) is 3.97. The number of aryl methyl sites for hydroxylation is 1. The molecular weight excluding hydrogens is 222 g/mol. The second-order valence-electron chi connectivity index (χ2n) is 5.49. The molecule has 1 fully saturated rings. The number of nitrogens with two attached hydrogens (primary N) is 1. The predicted octanol–water partition coefficient (Wildman–Crippen LogP) is 3.77. The highest BCUT2D eigenvalue weighted by atomic mass is 16.5. The van der Waals surface area contributed by atoms with Gasteiger partial charge in [-0.25, -0.2) is 0 Å². The van der Waals surface area contributed by atoms with Crippen molar-refractivity contribution in [2.75, 3.05) is 6.54 Å². The van der Waals surface area contributed by atoms with Gasteiger partial charge in [0.1, 0.15) is 5.75 Å². The molecule has 0 aliphatic heterocycles. The average Bonchev–Trinajstić information content (AvgIpc) is 2.82. The van der Waals surface area contributed by atoms with Crippen molar-refractivity contribution < 1.29 is 4.74 Å². The molecule has 18 heavy (non-hydrogen) atoms. The van der Waals surface area contributed by atoms with Gasteiger partial charge in [0.05, 0.1) is 6.10 Å². The lowest BCUT2D eigenvalue weighted by atomic mass is 9.93. The minimum absolute atomic E-state index is 0.427. The highest BCUT2D eigenvalue weighted by molar-refractivity contribution is 5.42. The Kier molecular flexibility index (Phi) is 4.65. The van der Waals surface area contributed by atoms with Gasteiger partial charge in [-0.3, -0.25) is 0 Å². The van der Waals surface area contributed by atoms with Crippen LogP contribution in [0.5, 0.6) is 5.75 Å². The minimum Gasteiger partial charge on any atom is -0.490 e. The fourth-order valence-corrected chi connectivity index (χ4v) is 2.97. The van der Waals surface area contributed by atoms with Crippen LogP contribution in [0.15, 0.2) is 18.2 Å². The third-order valence-corrected chi connectivity index (χ3v) is 3.97. The molecular formula is C16H25NO. The van der Waals surface area contributed by atoms with Gasteiger partial charge in [0.2, 0.25) is 0 Å². The van der Waals surface area contributed by atoms with Crippen molar-refractivity contribution in [3.63, 3.8) is 0 Å². The zero-order chi connectivity index (χ0) is 13.0. The Balaban J connectivity index is 2.19. The van der Waals surface area contributed by atoms with Crippen LogP contribution in [0.25, 0.3) is 0 Å². The first-order valence-electron chi connectivity index (χ1n) is 7.18. The van der Waals surface area contributed by atoms with E-state index in [1.807, 2.05) is 0 Å².